The summed E-state index contributed by atoms with van der Waals surface area (Å²) in [7, 11) is 1.73. The summed E-state index contributed by atoms with van der Waals surface area (Å²) in [6, 6.07) is 5.36. The molecular weight excluding hydrogens is 380 g/mol. The molecule has 1 saturated heterocycles. The number of H-pyrrole nitrogens is 1. The van der Waals surface area contributed by atoms with Gasteiger partial charge in [0.15, 0.2) is 0 Å². The zero-order valence-electron chi connectivity index (χ0n) is 15.6. The first-order valence-electron chi connectivity index (χ1n) is 9.09. The van der Waals surface area contributed by atoms with Crippen molar-refractivity contribution in [2.75, 3.05) is 20.1 Å². The molecule has 9 heteroatoms. The van der Waals surface area contributed by atoms with Gasteiger partial charge in [0.1, 0.15) is 11.2 Å². The lowest BCUT2D eigenvalue weighted by Crippen LogP contribution is -2.29. The maximum absolute atomic E-state index is 12.9. The van der Waals surface area contributed by atoms with Gasteiger partial charge in [-0.2, -0.15) is 5.10 Å². The van der Waals surface area contributed by atoms with E-state index in [9.17, 15) is 9.59 Å². The molecule has 0 aromatic carbocycles. The molecule has 1 fully saturated rings. The van der Waals surface area contributed by atoms with Gasteiger partial charge in [-0.15, -0.1) is 12.4 Å². The molecule has 0 atom stereocenters. The van der Waals surface area contributed by atoms with Crippen molar-refractivity contribution in [1.82, 2.24) is 29.8 Å². The summed E-state index contributed by atoms with van der Waals surface area (Å²) >= 11 is 0. The van der Waals surface area contributed by atoms with Gasteiger partial charge < -0.3 is 15.2 Å². The van der Waals surface area contributed by atoms with Crippen molar-refractivity contribution >= 4 is 24.0 Å². The average molecular weight is 403 g/mol. The van der Waals surface area contributed by atoms with Crippen LogP contribution in [-0.4, -0.2) is 50.5 Å². The van der Waals surface area contributed by atoms with E-state index in [2.05, 4.69) is 20.4 Å². The third kappa shape index (κ3) is 3.93. The number of hydrogen-bond acceptors (Lipinski definition) is 5. The Bertz CT molecular complexity index is 1010. The van der Waals surface area contributed by atoms with Crippen molar-refractivity contribution in [3.05, 3.63) is 64.0 Å². The van der Waals surface area contributed by atoms with Gasteiger partial charge in [0.05, 0.1) is 11.9 Å². The zero-order chi connectivity index (χ0) is 18.8. The van der Waals surface area contributed by atoms with Crippen LogP contribution in [0.15, 0.2) is 41.6 Å². The maximum Gasteiger partial charge on any atom is 0.259 e. The number of hydrogen-bond donors (Lipinski definition) is 2. The minimum absolute atomic E-state index is 0. The number of nitrogens with one attached hydrogen (secondary N) is 2. The molecule has 0 unspecified atom stereocenters. The minimum atomic E-state index is -0.208. The molecule has 4 heterocycles. The number of amides is 1. The monoisotopic (exact) mass is 402 g/mol. The maximum atomic E-state index is 12.9. The van der Waals surface area contributed by atoms with Crippen molar-refractivity contribution in [2.24, 2.45) is 0 Å². The van der Waals surface area contributed by atoms with Gasteiger partial charge in [-0.05, 0) is 37.6 Å². The van der Waals surface area contributed by atoms with Crippen LogP contribution >= 0.6 is 12.4 Å². The molecule has 4 rings (SSSR count). The van der Waals surface area contributed by atoms with Crippen LogP contribution in [0, 0.1) is 0 Å². The molecule has 148 valence electrons. The smallest absolute Gasteiger partial charge is 0.259 e. The fourth-order valence-corrected chi connectivity index (χ4v) is 3.62. The fraction of sp³-hybridized carbons (Fsp3) is 0.368. The highest BCUT2D eigenvalue weighted by atomic mass is 35.5. The summed E-state index contributed by atoms with van der Waals surface area (Å²) in [5.74, 6) is 0.0685. The van der Waals surface area contributed by atoms with Crippen molar-refractivity contribution in [3.63, 3.8) is 0 Å². The number of carbonyl (C=O) groups is 1. The largest absolute Gasteiger partial charge is 0.337 e. The molecule has 0 spiro atoms. The molecule has 1 aliphatic heterocycles. The van der Waals surface area contributed by atoms with Crippen LogP contribution in [0.2, 0.25) is 0 Å². The van der Waals surface area contributed by atoms with Crippen LogP contribution in [0.5, 0.6) is 0 Å². The molecule has 1 aliphatic rings. The summed E-state index contributed by atoms with van der Waals surface area (Å²) in [5.41, 5.74) is 2.45. The standard InChI is InChI=1S/C19H22N6O2.ClH/c1-24(12-13-3-2-6-21-10-13)19(27)15-11-22-25-16(9-17(26)23-18(15)25)14-4-7-20-8-5-14;/h2-3,6,9-11,14,20H,4-5,7-8,12H2,1H3,(H,23,26);1H. The van der Waals surface area contributed by atoms with Gasteiger partial charge in [-0.25, -0.2) is 4.52 Å². The molecule has 2 N–H and O–H groups in total. The third-order valence-corrected chi connectivity index (χ3v) is 5.01. The minimum Gasteiger partial charge on any atom is -0.337 e. The van der Waals surface area contributed by atoms with Crippen molar-refractivity contribution < 1.29 is 4.79 Å². The second-order valence-electron chi connectivity index (χ2n) is 6.92. The van der Waals surface area contributed by atoms with Crippen LogP contribution in [0.25, 0.3) is 5.65 Å². The Balaban J connectivity index is 0.00000225. The molecule has 28 heavy (non-hydrogen) atoms. The quantitative estimate of drug-likeness (QED) is 0.690. The average Bonchev–Trinajstić information content (AvgIpc) is 3.11. The van der Waals surface area contributed by atoms with E-state index in [4.69, 9.17) is 0 Å². The summed E-state index contributed by atoms with van der Waals surface area (Å²) in [6.45, 7) is 2.27. The van der Waals surface area contributed by atoms with E-state index >= 15 is 0 Å². The molecule has 0 radical (unpaired) electrons. The molecule has 0 aliphatic carbocycles. The van der Waals surface area contributed by atoms with Crippen LogP contribution in [0.3, 0.4) is 0 Å². The molecule has 0 bridgehead atoms. The van der Waals surface area contributed by atoms with Crippen LogP contribution in [-0.2, 0) is 6.54 Å². The van der Waals surface area contributed by atoms with Crippen LogP contribution in [0.4, 0.5) is 0 Å². The first-order chi connectivity index (χ1) is 13.1. The van der Waals surface area contributed by atoms with Crippen molar-refractivity contribution in [1.29, 1.82) is 0 Å². The number of piperidine rings is 1. The second kappa shape index (κ2) is 8.53. The SMILES string of the molecule is CN(Cc1cccnc1)C(=O)c1cnn2c(C3CCNCC3)cc(=O)[nH]c12.Cl. The Morgan fingerprint density at radius 2 is 2.11 bits per heavy atom. The number of nitrogens with zero attached hydrogens (tertiary/aromatic N) is 4. The van der Waals surface area contributed by atoms with Crippen molar-refractivity contribution in [3.8, 4) is 0 Å². The number of pyridine rings is 1. The number of halogens is 1. The molecule has 0 saturated carbocycles. The van der Waals surface area contributed by atoms with Crippen LogP contribution in [0.1, 0.15) is 40.4 Å². The molecule has 8 nitrogen and oxygen atoms in total. The number of aromatic nitrogens is 4. The first kappa shape index (κ1) is 20.0. The topological polar surface area (TPSA) is 95.4 Å². The highest BCUT2D eigenvalue weighted by Gasteiger charge is 2.23. The van der Waals surface area contributed by atoms with E-state index in [0.717, 1.165) is 37.2 Å². The normalized spacial score (nSPS) is 14.6. The Hall–Kier alpha value is -2.71. The Kier molecular flexibility index (Phi) is 6.11. The predicted octanol–water partition coefficient (Wildman–Crippen LogP) is 1.58. The van der Waals surface area contributed by atoms with Gasteiger partial charge >= 0.3 is 0 Å². The second-order valence-corrected chi connectivity index (χ2v) is 6.92. The number of rotatable bonds is 4. The van der Waals surface area contributed by atoms with E-state index in [0.29, 0.717) is 17.8 Å². The van der Waals surface area contributed by atoms with Gasteiger partial charge in [0.2, 0.25) is 0 Å². The van der Waals surface area contributed by atoms with Crippen molar-refractivity contribution in [2.45, 2.75) is 25.3 Å². The Morgan fingerprint density at radius 1 is 1.32 bits per heavy atom. The molecule has 1 amide bonds. The zero-order valence-corrected chi connectivity index (χ0v) is 16.4. The lowest BCUT2D eigenvalue weighted by atomic mass is 9.94. The first-order valence-corrected chi connectivity index (χ1v) is 9.09. The lowest BCUT2D eigenvalue weighted by molar-refractivity contribution is 0.0786. The predicted molar refractivity (Wildman–Crippen MR) is 108 cm³/mol. The van der Waals surface area contributed by atoms with E-state index in [-0.39, 0.29) is 29.8 Å². The van der Waals surface area contributed by atoms with Gasteiger partial charge in [-0.1, -0.05) is 6.07 Å². The van der Waals surface area contributed by atoms with Crippen LogP contribution < -0.4 is 10.9 Å². The van der Waals surface area contributed by atoms with E-state index < -0.39 is 0 Å². The lowest BCUT2D eigenvalue weighted by Gasteiger charge is -2.23. The van der Waals surface area contributed by atoms with E-state index in [1.54, 1.807) is 34.9 Å². The number of carbonyl (C=O) groups excluding carboxylic acids is 1. The summed E-state index contributed by atoms with van der Waals surface area (Å²) in [6.07, 6.45) is 6.86. The summed E-state index contributed by atoms with van der Waals surface area (Å²) < 4.78 is 1.71. The van der Waals surface area contributed by atoms with Gasteiger partial charge in [-0.3, -0.25) is 14.6 Å². The summed E-state index contributed by atoms with van der Waals surface area (Å²) in [4.78, 5) is 33.6. The molecule has 3 aromatic heterocycles. The molecule has 3 aromatic rings. The highest BCUT2D eigenvalue weighted by Crippen LogP contribution is 2.25. The van der Waals surface area contributed by atoms with Gasteiger partial charge in [0, 0.05) is 38.0 Å². The number of fused-ring (bicyclic) bond motifs is 1. The van der Waals surface area contributed by atoms with E-state index in [1.165, 1.54) is 6.20 Å². The van der Waals surface area contributed by atoms with E-state index in [1.807, 2.05) is 12.1 Å². The summed E-state index contributed by atoms with van der Waals surface area (Å²) in [5, 5.41) is 7.74. The molecular formula is C19H23ClN6O2. The van der Waals surface area contributed by atoms with Gasteiger partial charge in [0.25, 0.3) is 11.5 Å². The third-order valence-electron chi connectivity index (χ3n) is 5.01. The highest BCUT2D eigenvalue weighted by molar-refractivity contribution is 5.99. The fourth-order valence-electron chi connectivity index (χ4n) is 3.62. The Labute approximate surface area is 168 Å². The Morgan fingerprint density at radius 3 is 2.82 bits per heavy atom. The number of aromatic amines is 1.